The minimum Gasteiger partial charge on any atom is -0.472 e. The smallest absolute Gasteiger partial charge is 0.0963 e. The van der Waals surface area contributed by atoms with Gasteiger partial charge in [0.05, 0.1) is 18.1 Å². The van der Waals surface area contributed by atoms with Crippen molar-refractivity contribution in [2.45, 2.75) is 51.3 Å². The average molecular weight is 375 g/mol. The third kappa shape index (κ3) is 5.31. The second kappa shape index (κ2) is 9.17. The zero-order chi connectivity index (χ0) is 17.7. The van der Waals surface area contributed by atoms with Gasteiger partial charge in [0.2, 0.25) is 0 Å². The third-order valence-electron chi connectivity index (χ3n) is 4.80. The standard InChI is InChI=1S/C21H26N2O2.ClH/c1-16(4-3-9-21(2,24)20-8-11-25-15-20)23-13-17-5-6-19-14-22-10-7-18(19)12-17;/h5-8,10-12,14-16,23-24H,3-4,9,13H2,1-2H3;1H/t16-,21?;/m1./s1. The van der Waals surface area contributed by atoms with Gasteiger partial charge in [0, 0.05) is 35.9 Å². The summed E-state index contributed by atoms with van der Waals surface area (Å²) in [4.78, 5) is 4.15. The van der Waals surface area contributed by atoms with E-state index in [9.17, 15) is 5.11 Å². The summed E-state index contributed by atoms with van der Waals surface area (Å²) < 4.78 is 5.07. The molecule has 5 heteroatoms. The number of pyridine rings is 1. The molecule has 3 aromatic rings. The van der Waals surface area contributed by atoms with Crippen molar-refractivity contribution in [3.63, 3.8) is 0 Å². The van der Waals surface area contributed by atoms with Gasteiger partial charge in [-0.15, -0.1) is 12.4 Å². The molecule has 0 aliphatic rings. The lowest BCUT2D eigenvalue weighted by Gasteiger charge is -2.23. The van der Waals surface area contributed by atoms with Crippen LogP contribution in [0.15, 0.2) is 59.7 Å². The van der Waals surface area contributed by atoms with E-state index >= 15 is 0 Å². The van der Waals surface area contributed by atoms with Gasteiger partial charge in [-0.25, -0.2) is 0 Å². The Balaban J connectivity index is 0.00000243. The summed E-state index contributed by atoms with van der Waals surface area (Å²) in [5.74, 6) is 0. The predicted octanol–water partition coefficient (Wildman–Crippen LogP) is 4.81. The first-order chi connectivity index (χ1) is 12.0. The number of furan rings is 1. The van der Waals surface area contributed by atoms with Gasteiger partial charge < -0.3 is 14.8 Å². The summed E-state index contributed by atoms with van der Waals surface area (Å²) in [5, 5.41) is 16.5. The molecule has 140 valence electrons. The van der Waals surface area contributed by atoms with Gasteiger partial charge in [-0.3, -0.25) is 4.98 Å². The Hall–Kier alpha value is -1.88. The minimum atomic E-state index is -0.820. The van der Waals surface area contributed by atoms with E-state index < -0.39 is 5.60 Å². The molecule has 0 spiro atoms. The molecule has 0 bridgehead atoms. The van der Waals surface area contributed by atoms with Gasteiger partial charge in [0.15, 0.2) is 0 Å². The SMILES string of the molecule is C[C@H](CCCC(C)(O)c1ccoc1)NCc1ccc2cnccc2c1.Cl. The largest absolute Gasteiger partial charge is 0.472 e. The molecule has 26 heavy (non-hydrogen) atoms. The Morgan fingerprint density at radius 2 is 2.08 bits per heavy atom. The third-order valence-corrected chi connectivity index (χ3v) is 4.80. The molecule has 0 aliphatic carbocycles. The number of fused-ring (bicyclic) bond motifs is 1. The monoisotopic (exact) mass is 374 g/mol. The van der Waals surface area contributed by atoms with Crippen LogP contribution in [0, 0.1) is 0 Å². The van der Waals surface area contributed by atoms with E-state index in [1.807, 2.05) is 31.5 Å². The molecule has 2 heterocycles. The number of nitrogens with one attached hydrogen (secondary N) is 1. The van der Waals surface area contributed by atoms with Gasteiger partial charge >= 0.3 is 0 Å². The van der Waals surface area contributed by atoms with Crippen molar-refractivity contribution < 1.29 is 9.52 Å². The number of nitrogens with zero attached hydrogens (tertiary/aromatic N) is 1. The number of benzene rings is 1. The molecule has 0 fully saturated rings. The summed E-state index contributed by atoms with van der Waals surface area (Å²) in [7, 11) is 0. The molecule has 1 unspecified atom stereocenters. The van der Waals surface area contributed by atoms with E-state index in [2.05, 4.69) is 35.4 Å². The zero-order valence-electron chi connectivity index (χ0n) is 15.3. The van der Waals surface area contributed by atoms with Gasteiger partial charge in [-0.2, -0.15) is 0 Å². The highest BCUT2D eigenvalue weighted by atomic mass is 35.5. The summed E-state index contributed by atoms with van der Waals surface area (Å²) in [6.07, 6.45) is 9.64. The first-order valence-corrected chi connectivity index (χ1v) is 8.86. The van der Waals surface area contributed by atoms with Gasteiger partial charge in [0.25, 0.3) is 0 Å². The Kier molecular flexibility index (Phi) is 7.21. The fraction of sp³-hybridized carbons (Fsp3) is 0.381. The molecular weight excluding hydrogens is 348 g/mol. The summed E-state index contributed by atoms with van der Waals surface area (Å²) in [6, 6.07) is 10.7. The topological polar surface area (TPSA) is 58.3 Å². The van der Waals surface area contributed by atoms with Crippen LogP contribution in [0.1, 0.15) is 44.2 Å². The highest BCUT2D eigenvalue weighted by Gasteiger charge is 2.23. The first-order valence-electron chi connectivity index (χ1n) is 8.86. The van der Waals surface area contributed by atoms with Crippen LogP contribution in [0.2, 0.25) is 0 Å². The highest BCUT2D eigenvalue weighted by Crippen LogP contribution is 2.27. The number of rotatable bonds is 8. The van der Waals surface area contributed by atoms with Gasteiger partial charge in [0.1, 0.15) is 0 Å². The Labute approximate surface area is 161 Å². The quantitative estimate of drug-likeness (QED) is 0.594. The van der Waals surface area contributed by atoms with Gasteiger partial charge in [-0.05, 0) is 62.3 Å². The van der Waals surface area contributed by atoms with E-state index in [4.69, 9.17) is 4.42 Å². The Morgan fingerprint density at radius 1 is 1.23 bits per heavy atom. The number of aliphatic hydroxyl groups is 1. The highest BCUT2D eigenvalue weighted by molar-refractivity contribution is 5.85. The Morgan fingerprint density at radius 3 is 2.85 bits per heavy atom. The minimum absolute atomic E-state index is 0. The van der Waals surface area contributed by atoms with Crippen LogP contribution in [-0.4, -0.2) is 16.1 Å². The van der Waals surface area contributed by atoms with Crippen LogP contribution in [0.5, 0.6) is 0 Å². The van der Waals surface area contributed by atoms with E-state index in [0.717, 1.165) is 31.4 Å². The molecule has 1 aromatic carbocycles. The average Bonchev–Trinajstić information content (AvgIpc) is 3.15. The lowest BCUT2D eigenvalue weighted by molar-refractivity contribution is 0.0438. The van der Waals surface area contributed by atoms with Crippen molar-refractivity contribution >= 4 is 23.2 Å². The second-order valence-corrected chi connectivity index (χ2v) is 7.02. The normalized spacial score (nSPS) is 14.6. The molecule has 0 saturated carbocycles. The lowest BCUT2D eigenvalue weighted by atomic mass is 9.92. The van der Waals surface area contributed by atoms with E-state index in [0.29, 0.717) is 6.04 Å². The first kappa shape index (κ1) is 20.4. The fourth-order valence-corrected chi connectivity index (χ4v) is 3.10. The summed E-state index contributed by atoms with van der Waals surface area (Å²) >= 11 is 0. The van der Waals surface area contributed by atoms with E-state index in [1.54, 1.807) is 12.5 Å². The van der Waals surface area contributed by atoms with Crippen LogP contribution in [-0.2, 0) is 12.1 Å². The maximum absolute atomic E-state index is 10.5. The second-order valence-electron chi connectivity index (χ2n) is 7.02. The molecule has 2 atom stereocenters. The molecule has 0 amide bonds. The lowest BCUT2D eigenvalue weighted by Crippen LogP contribution is -2.27. The van der Waals surface area contributed by atoms with Crippen LogP contribution in [0.4, 0.5) is 0 Å². The number of hydrogen-bond acceptors (Lipinski definition) is 4. The predicted molar refractivity (Wildman–Crippen MR) is 107 cm³/mol. The van der Waals surface area contributed by atoms with E-state index in [-0.39, 0.29) is 12.4 Å². The molecule has 0 radical (unpaired) electrons. The van der Waals surface area contributed by atoms with Gasteiger partial charge in [-0.1, -0.05) is 12.1 Å². The molecule has 4 nitrogen and oxygen atoms in total. The zero-order valence-corrected chi connectivity index (χ0v) is 16.1. The molecule has 3 rings (SSSR count). The molecule has 0 saturated heterocycles. The van der Waals surface area contributed by atoms with E-state index in [1.165, 1.54) is 16.3 Å². The molecular formula is C21H27ClN2O2. The number of hydrogen-bond donors (Lipinski definition) is 2. The van der Waals surface area contributed by atoms with Crippen molar-refractivity contribution in [2.75, 3.05) is 0 Å². The summed E-state index contributed by atoms with van der Waals surface area (Å²) in [6.45, 7) is 4.88. The van der Waals surface area contributed by atoms with Crippen molar-refractivity contribution in [2.24, 2.45) is 0 Å². The maximum atomic E-state index is 10.5. The number of aromatic nitrogens is 1. The molecule has 0 aliphatic heterocycles. The molecule has 2 aromatic heterocycles. The van der Waals surface area contributed by atoms with Crippen LogP contribution < -0.4 is 5.32 Å². The van der Waals surface area contributed by atoms with Crippen LogP contribution in [0.25, 0.3) is 10.8 Å². The fourth-order valence-electron chi connectivity index (χ4n) is 3.10. The number of halogens is 1. The summed E-state index contributed by atoms with van der Waals surface area (Å²) in [5.41, 5.74) is 1.30. The van der Waals surface area contributed by atoms with Crippen molar-refractivity contribution in [3.05, 3.63) is 66.4 Å². The maximum Gasteiger partial charge on any atom is 0.0963 e. The van der Waals surface area contributed by atoms with Crippen molar-refractivity contribution in [1.29, 1.82) is 0 Å². The van der Waals surface area contributed by atoms with Crippen molar-refractivity contribution in [3.8, 4) is 0 Å². The van der Waals surface area contributed by atoms with Crippen molar-refractivity contribution in [1.82, 2.24) is 10.3 Å². The van der Waals surface area contributed by atoms with Crippen LogP contribution in [0.3, 0.4) is 0 Å². The van der Waals surface area contributed by atoms with Crippen LogP contribution >= 0.6 is 12.4 Å². The molecule has 2 N–H and O–H groups in total. The Bertz CT molecular complexity index is 803.